The van der Waals surface area contributed by atoms with Crippen LogP contribution in [0.5, 0.6) is 5.75 Å². The molecule has 0 radical (unpaired) electrons. The summed E-state index contributed by atoms with van der Waals surface area (Å²) in [7, 11) is 1.69. The van der Waals surface area contributed by atoms with Gasteiger partial charge in [0.1, 0.15) is 5.75 Å². The summed E-state index contributed by atoms with van der Waals surface area (Å²) < 4.78 is 5.40. The molecule has 20 heavy (non-hydrogen) atoms. The van der Waals surface area contributed by atoms with Gasteiger partial charge in [0, 0.05) is 23.2 Å². The molecule has 0 amide bonds. The van der Waals surface area contributed by atoms with Crippen molar-refractivity contribution in [2.45, 2.75) is 25.4 Å². The Bertz CT molecular complexity index is 608. The first kappa shape index (κ1) is 13.5. The van der Waals surface area contributed by atoms with Crippen molar-refractivity contribution in [1.29, 1.82) is 0 Å². The molecule has 1 aliphatic carbocycles. The first-order valence-corrected chi connectivity index (χ1v) is 7.31. The van der Waals surface area contributed by atoms with Crippen LogP contribution in [0, 0.1) is 0 Å². The van der Waals surface area contributed by atoms with Crippen LogP contribution < -0.4 is 10.1 Å². The highest BCUT2D eigenvalue weighted by atomic mass is 35.5. The van der Waals surface area contributed by atoms with E-state index >= 15 is 0 Å². The Morgan fingerprint density at radius 2 is 2.00 bits per heavy atom. The zero-order valence-electron chi connectivity index (χ0n) is 11.5. The summed E-state index contributed by atoms with van der Waals surface area (Å²) in [4.78, 5) is 0. The van der Waals surface area contributed by atoms with Crippen molar-refractivity contribution in [2.75, 3.05) is 7.11 Å². The third-order valence-corrected chi connectivity index (χ3v) is 3.98. The van der Waals surface area contributed by atoms with Gasteiger partial charge in [0.15, 0.2) is 0 Å². The highest BCUT2D eigenvalue weighted by Crippen LogP contribution is 2.32. The number of nitrogens with one attached hydrogen (secondary N) is 1. The fraction of sp³-hybridized carbons (Fsp3) is 0.294. The Hall–Kier alpha value is -1.51. The summed E-state index contributed by atoms with van der Waals surface area (Å²) in [6, 6.07) is 14.9. The van der Waals surface area contributed by atoms with Gasteiger partial charge in [-0.3, -0.25) is 0 Å². The molecule has 0 atom stereocenters. The van der Waals surface area contributed by atoms with Gasteiger partial charge in [0.2, 0.25) is 0 Å². The fourth-order valence-corrected chi connectivity index (χ4v) is 2.53. The van der Waals surface area contributed by atoms with Crippen LogP contribution in [0.25, 0.3) is 11.1 Å². The van der Waals surface area contributed by atoms with Crippen LogP contribution in [0.1, 0.15) is 18.4 Å². The summed E-state index contributed by atoms with van der Waals surface area (Å²) >= 11 is 6.40. The molecule has 0 saturated heterocycles. The standard InChI is InChI=1S/C17H18ClNO/c1-20-17-5-3-2-4-15(17)12-6-7-13(16(18)10-12)11-19-14-8-9-14/h2-7,10,14,19H,8-9,11H2,1H3. The number of hydrogen-bond acceptors (Lipinski definition) is 2. The summed E-state index contributed by atoms with van der Waals surface area (Å²) in [5.74, 6) is 0.868. The van der Waals surface area contributed by atoms with Crippen LogP contribution >= 0.6 is 11.6 Å². The van der Waals surface area contributed by atoms with E-state index in [2.05, 4.69) is 17.4 Å². The van der Waals surface area contributed by atoms with E-state index < -0.39 is 0 Å². The van der Waals surface area contributed by atoms with Gasteiger partial charge in [0.25, 0.3) is 0 Å². The Morgan fingerprint density at radius 1 is 1.20 bits per heavy atom. The first-order chi connectivity index (χ1) is 9.78. The zero-order valence-corrected chi connectivity index (χ0v) is 12.3. The molecule has 2 nitrogen and oxygen atoms in total. The number of methoxy groups -OCH3 is 1. The van der Waals surface area contributed by atoms with Crippen LogP contribution in [-0.2, 0) is 6.54 Å². The SMILES string of the molecule is COc1ccccc1-c1ccc(CNC2CC2)c(Cl)c1. The van der Waals surface area contributed by atoms with Crippen LogP contribution in [0.4, 0.5) is 0 Å². The van der Waals surface area contributed by atoms with Crippen molar-refractivity contribution in [3.63, 3.8) is 0 Å². The number of halogens is 1. The second kappa shape index (κ2) is 5.86. The summed E-state index contributed by atoms with van der Waals surface area (Å²) in [6.45, 7) is 0.843. The Kier molecular flexibility index (Phi) is 3.95. The topological polar surface area (TPSA) is 21.3 Å². The molecule has 3 rings (SSSR count). The molecule has 2 aromatic carbocycles. The third kappa shape index (κ3) is 2.97. The predicted octanol–water partition coefficient (Wildman–Crippen LogP) is 4.27. The van der Waals surface area contributed by atoms with E-state index in [1.54, 1.807) is 7.11 Å². The molecule has 3 heteroatoms. The molecule has 0 unspecified atom stereocenters. The third-order valence-electron chi connectivity index (χ3n) is 3.63. The van der Waals surface area contributed by atoms with Crippen LogP contribution in [0.15, 0.2) is 42.5 Å². The lowest BCUT2D eigenvalue weighted by atomic mass is 10.0. The molecule has 2 aromatic rings. The zero-order chi connectivity index (χ0) is 13.9. The highest BCUT2D eigenvalue weighted by Gasteiger charge is 2.20. The van der Waals surface area contributed by atoms with Crippen molar-refractivity contribution >= 4 is 11.6 Å². The number of benzene rings is 2. The number of rotatable bonds is 5. The molecular formula is C17H18ClNO. The lowest BCUT2D eigenvalue weighted by molar-refractivity contribution is 0.416. The van der Waals surface area contributed by atoms with Gasteiger partial charge in [-0.25, -0.2) is 0 Å². The fourth-order valence-electron chi connectivity index (χ4n) is 2.28. The first-order valence-electron chi connectivity index (χ1n) is 6.93. The van der Waals surface area contributed by atoms with Crippen LogP contribution in [0.3, 0.4) is 0 Å². The minimum absolute atomic E-state index is 0.694. The van der Waals surface area contributed by atoms with E-state index in [1.807, 2.05) is 30.3 Å². The summed E-state index contributed by atoms with van der Waals surface area (Å²) in [5, 5.41) is 4.29. The van der Waals surface area contributed by atoms with Gasteiger partial charge in [-0.05, 0) is 36.1 Å². The van der Waals surface area contributed by atoms with Crippen molar-refractivity contribution in [3.05, 3.63) is 53.1 Å². The van der Waals surface area contributed by atoms with Crippen molar-refractivity contribution in [2.24, 2.45) is 0 Å². The van der Waals surface area contributed by atoms with Crippen LogP contribution in [-0.4, -0.2) is 13.2 Å². The smallest absolute Gasteiger partial charge is 0.126 e. The average Bonchev–Trinajstić information content (AvgIpc) is 3.30. The van der Waals surface area contributed by atoms with Crippen LogP contribution in [0.2, 0.25) is 5.02 Å². The Labute approximate surface area is 124 Å². The lowest BCUT2D eigenvalue weighted by Gasteiger charge is -2.11. The average molecular weight is 288 g/mol. The second-order valence-electron chi connectivity index (χ2n) is 5.16. The second-order valence-corrected chi connectivity index (χ2v) is 5.57. The largest absolute Gasteiger partial charge is 0.496 e. The van der Waals surface area contributed by atoms with E-state index in [4.69, 9.17) is 16.3 Å². The van der Waals surface area contributed by atoms with E-state index in [-0.39, 0.29) is 0 Å². The normalized spacial score (nSPS) is 14.3. The van der Waals surface area contributed by atoms with Crippen molar-refractivity contribution in [1.82, 2.24) is 5.32 Å². The quantitative estimate of drug-likeness (QED) is 0.887. The maximum absolute atomic E-state index is 6.40. The van der Waals surface area contributed by atoms with Crippen molar-refractivity contribution in [3.8, 4) is 16.9 Å². The van der Waals surface area contributed by atoms with Gasteiger partial charge in [-0.15, -0.1) is 0 Å². The molecule has 1 N–H and O–H groups in total. The van der Waals surface area contributed by atoms with E-state index in [1.165, 1.54) is 12.8 Å². The maximum Gasteiger partial charge on any atom is 0.126 e. The summed E-state index contributed by atoms with van der Waals surface area (Å²) in [6.07, 6.45) is 2.58. The van der Waals surface area contributed by atoms with Gasteiger partial charge >= 0.3 is 0 Å². The van der Waals surface area contributed by atoms with Gasteiger partial charge in [-0.2, -0.15) is 0 Å². The molecule has 104 valence electrons. The molecule has 1 aliphatic rings. The molecule has 0 heterocycles. The minimum Gasteiger partial charge on any atom is -0.496 e. The lowest BCUT2D eigenvalue weighted by Crippen LogP contribution is -2.15. The van der Waals surface area contributed by atoms with E-state index in [0.717, 1.165) is 34.0 Å². The molecule has 0 bridgehead atoms. The number of para-hydroxylation sites is 1. The minimum atomic E-state index is 0.694. The van der Waals surface area contributed by atoms with Gasteiger partial charge < -0.3 is 10.1 Å². The predicted molar refractivity (Wildman–Crippen MR) is 83.3 cm³/mol. The van der Waals surface area contributed by atoms with Crippen molar-refractivity contribution < 1.29 is 4.74 Å². The molecule has 0 aromatic heterocycles. The highest BCUT2D eigenvalue weighted by molar-refractivity contribution is 6.31. The number of ether oxygens (including phenoxy) is 1. The number of hydrogen-bond donors (Lipinski definition) is 1. The molecule has 1 saturated carbocycles. The Morgan fingerprint density at radius 3 is 2.70 bits per heavy atom. The molecule has 0 aliphatic heterocycles. The Balaban J connectivity index is 1.85. The molecular weight excluding hydrogens is 270 g/mol. The summed E-state index contributed by atoms with van der Waals surface area (Å²) in [5.41, 5.74) is 3.30. The monoisotopic (exact) mass is 287 g/mol. The van der Waals surface area contributed by atoms with Gasteiger partial charge in [-0.1, -0.05) is 41.9 Å². The molecule has 0 spiro atoms. The van der Waals surface area contributed by atoms with Gasteiger partial charge in [0.05, 0.1) is 7.11 Å². The molecule has 1 fully saturated rings. The van der Waals surface area contributed by atoms with E-state index in [0.29, 0.717) is 6.04 Å². The maximum atomic E-state index is 6.40. The van der Waals surface area contributed by atoms with E-state index in [9.17, 15) is 0 Å².